The number of carbonyl (C=O) groups is 1. The molecule has 0 bridgehead atoms. The summed E-state index contributed by atoms with van der Waals surface area (Å²) < 4.78 is 9.33. The normalized spacial score (nSPS) is 11.2. The van der Waals surface area contributed by atoms with Crippen LogP contribution in [0.5, 0.6) is 0 Å². The number of ether oxygens (including phenoxy) is 1. The van der Waals surface area contributed by atoms with Crippen LogP contribution in [-0.4, -0.2) is 25.5 Å². The Morgan fingerprint density at radius 2 is 1.84 bits per heavy atom. The Bertz CT molecular complexity index is 1240. The average molecular weight is 417 g/mol. The molecule has 0 radical (unpaired) electrons. The van der Waals surface area contributed by atoms with Crippen LogP contribution in [0.1, 0.15) is 36.2 Å². The van der Waals surface area contributed by atoms with Gasteiger partial charge < -0.3 is 4.74 Å². The maximum atomic E-state index is 12.5. The number of aryl methyl sites for hydroxylation is 4. The number of nitrogens with zero attached hydrogens (tertiary/aromatic N) is 4. The van der Waals surface area contributed by atoms with E-state index < -0.39 is 0 Å². The molecule has 0 unspecified atom stereocenters. The van der Waals surface area contributed by atoms with Crippen molar-refractivity contribution in [1.29, 1.82) is 0 Å². The zero-order valence-electron chi connectivity index (χ0n) is 18.6. The molecule has 0 atom stereocenters. The van der Waals surface area contributed by atoms with Crippen molar-refractivity contribution in [2.75, 3.05) is 0 Å². The van der Waals surface area contributed by atoms with Gasteiger partial charge >= 0.3 is 5.97 Å². The monoisotopic (exact) mass is 416 g/mol. The second kappa shape index (κ2) is 8.76. The second-order valence-electron chi connectivity index (χ2n) is 7.87. The minimum atomic E-state index is -0.263. The fraction of sp³-hybridized carbons (Fsp3) is 0.320. The molecule has 0 saturated heterocycles. The highest BCUT2D eigenvalue weighted by Crippen LogP contribution is 2.24. The Kier molecular flexibility index (Phi) is 5.89. The molecule has 0 saturated carbocycles. The van der Waals surface area contributed by atoms with Crippen LogP contribution < -0.4 is 0 Å². The Morgan fingerprint density at radius 1 is 1.00 bits per heavy atom. The van der Waals surface area contributed by atoms with E-state index in [4.69, 9.17) is 9.84 Å². The van der Waals surface area contributed by atoms with Crippen LogP contribution in [0.25, 0.3) is 22.2 Å². The highest BCUT2D eigenvalue weighted by molar-refractivity contribution is 5.79. The van der Waals surface area contributed by atoms with Crippen LogP contribution in [0, 0.1) is 13.8 Å². The number of benzene rings is 2. The summed E-state index contributed by atoms with van der Waals surface area (Å²) in [6.45, 7) is 10.0. The zero-order valence-corrected chi connectivity index (χ0v) is 18.6. The van der Waals surface area contributed by atoms with E-state index in [1.165, 1.54) is 11.1 Å². The van der Waals surface area contributed by atoms with Crippen molar-refractivity contribution in [1.82, 2.24) is 19.6 Å². The van der Waals surface area contributed by atoms with Gasteiger partial charge in [-0.15, -0.1) is 0 Å². The number of aromatic nitrogens is 4. The minimum Gasteiger partial charge on any atom is -0.461 e. The molecule has 0 spiro atoms. The quantitative estimate of drug-likeness (QED) is 0.404. The predicted octanol–water partition coefficient (Wildman–Crippen LogP) is 4.84. The first-order valence-corrected chi connectivity index (χ1v) is 10.7. The van der Waals surface area contributed by atoms with E-state index in [9.17, 15) is 4.79 Å². The fourth-order valence-corrected chi connectivity index (χ4v) is 3.83. The molecule has 0 N–H and O–H groups in total. The molecule has 4 aromatic rings. The molecule has 6 heteroatoms. The molecule has 0 fully saturated rings. The molecule has 31 heavy (non-hydrogen) atoms. The largest absolute Gasteiger partial charge is 0.461 e. The number of rotatable bonds is 7. The lowest BCUT2D eigenvalue weighted by atomic mass is 10.0. The van der Waals surface area contributed by atoms with Gasteiger partial charge in [0.15, 0.2) is 0 Å². The molecule has 2 heterocycles. The highest BCUT2D eigenvalue weighted by atomic mass is 16.5. The van der Waals surface area contributed by atoms with Crippen molar-refractivity contribution in [3.63, 3.8) is 0 Å². The van der Waals surface area contributed by atoms with Crippen LogP contribution in [0.15, 0.2) is 48.7 Å². The SMILES string of the molecule is CCn1cc2ccc(COC(=O)Cc3cc(-c4ccc(C)cc4C)nn3CC)cc2n1. The van der Waals surface area contributed by atoms with Crippen molar-refractivity contribution in [2.45, 2.75) is 53.8 Å². The number of fused-ring (bicyclic) bond motifs is 1. The molecule has 0 aliphatic carbocycles. The number of esters is 1. The van der Waals surface area contributed by atoms with E-state index in [-0.39, 0.29) is 19.0 Å². The van der Waals surface area contributed by atoms with Gasteiger partial charge in [0.2, 0.25) is 0 Å². The third kappa shape index (κ3) is 4.53. The molecule has 160 valence electrons. The molecule has 4 rings (SSSR count). The number of hydrogen-bond acceptors (Lipinski definition) is 4. The molecular weight excluding hydrogens is 388 g/mol. The van der Waals surface area contributed by atoms with Crippen LogP contribution in [0.2, 0.25) is 0 Å². The standard InChI is InChI=1S/C25H28N4O2/c1-5-28-15-20-9-8-19(12-23(20)26-28)16-31-25(30)14-21-13-24(27-29(21)6-2)22-10-7-17(3)11-18(22)4/h7-13,15H,5-6,14,16H2,1-4H3. The van der Waals surface area contributed by atoms with Gasteiger partial charge in [-0.05, 0) is 51.0 Å². The third-order valence-corrected chi connectivity index (χ3v) is 5.49. The maximum absolute atomic E-state index is 12.5. The summed E-state index contributed by atoms with van der Waals surface area (Å²) in [5.41, 5.74) is 7.08. The van der Waals surface area contributed by atoms with Crippen molar-refractivity contribution >= 4 is 16.9 Å². The van der Waals surface area contributed by atoms with Gasteiger partial charge in [0.05, 0.1) is 23.3 Å². The smallest absolute Gasteiger partial charge is 0.312 e. The first-order valence-electron chi connectivity index (χ1n) is 10.7. The first kappa shape index (κ1) is 20.8. The molecular formula is C25H28N4O2. The molecule has 6 nitrogen and oxygen atoms in total. The minimum absolute atomic E-state index is 0.193. The maximum Gasteiger partial charge on any atom is 0.312 e. The fourth-order valence-electron chi connectivity index (χ4n) is 3.83. The van der Waals surface area contributed by atoms with Gasteiger partial charge in [-0.2, -0.15) is 10.2 Å². The van der Waals surface area contributed by atoms with E-state index in [2.05, 4.69) is 44.1 Å². The van der Waals surface area contributed by atoms with Gasteiger partial charge in [-0.3, -0.25) is 14.2 Å². The molecule has 2 aromatic heterocycles. The Hall–Kier alpha value is -3.41. The average Bonchev–Trinajstić information content (AvgIpc) is 3.35. The number of hydrogen-bond donors (Lipinski definition) is 0. The van der Waals surface area contributed by atoms with Crippen molar-refractivity contribution in [2.24, 2.45) is 0 Å². The summed E-state index contributed by atoms with van der Waals surface area (Å²) in [5.74, 6) is -0.263. The lowest BCUT2D eigenvalue weighted by Crippen LogP contribution is -2.12. The van der Waals surface area contributed by atoms with Crippen LogP contribution in [0.4, 0.5) is 0 Å². The summed E-state index contributed by atoms with van der Waals surface area (Å²) in [7, 11) is 0. The van der Waals surface area contributed by atoms with Gasteiger partial charge in [0.25, 0.3) is 0 Å². The van der Waals surface area contributed by atoms with Gasteiger partial charge in [0, 0.05) is 30.2 Å². The highest BCUT2D eigenvalue weighted by Gasteiger charge is 2.15. The Labute approximate surface area is 182 Å². The van der Waals surface area contributed by atoms with Gasteiger partial charge in [-0.1, -0.05) is 35.9 Å². The van der Waals surface area contributed by atoms with Gasteiger partial charge in [0.1, 0.15) is 6.61 Å². The van der Waals surface area contributed by atoms with E-state index >= 15 is 0 Å². The predicted molar refractivity (Wildman–Crippen MR) is 122 cm³/mol. The van der Waals surface area contributed by atoms with Crippen molar-refractivity contribution in [3.8, 4) is 11.3 Å². The molecule has 2 aromatic carbocycles. The van der Waals surface area contributed by atoms with E-state index in [0.29, 0.717) is 6.54 Å². The Balaban J connectivity index is 1.45. The van der Waals surface area contributed by atoms with Crippen LogP contribution in [0.3, 0.4) is 0 Å². The third-order valence-electron chi connectivity index (χ3n) is 5.49. The summed E-state index contributed by atoms with van der Waals surface area (Å²) >= 11 is 0. The van der Waals surface area contributed by atoms with Crippen molar-refractivity contribution in [3.05, 3.63) is 71.0 Å². The second-order valence-corrected chi connectivity index (χ2v) is 7.87. The first-order chi connectivity index (χ1) is 15.0. The topological polar surface area (TPSA) is 61.9 Å². The molecule has 0 amide bonds. The number of carbonyl (C=O) groups excluding carboxylic acids is 1. The lowest BCUT2D eigenvalue weighted by Gasteiger charge is -2.06. The van der Waals surface area contributed by atoms with Crippen LogP contribution in [-0.2, 0) is 35.6 Å². The van der Waals surface area contributed by atoms with E-state index in [1.54, 1.807) is 0 Å². The summed E-state index contributed by atoms with van der Waals surface area (Å²) in [5, 5.41) is 10.3. The zero-order chi connectivity index (χ0) is 22.0. The molecule has 0 aliphatic rings. The van der Waals surface area contributed by atoms with Crippen molar-refractivity contribution < 1.29 is 9.53 Å². The summed E-state index contributed by atoms with van der Waals surface area (Å²) in [6, 6.07) is 14.3. The summed E-state index contributed by atoms with van der Waals surface area (Å²) in [6.07, 6.45) is 2.21. The summed E-state index contributed by atoms with van der Waals surface area (Å²) in [4.78, 5) is 12.5. The lowest BCUT2D eigenvalue weighted by molar-refractivity contribution is -0.144. The van der Waals surface area contributed by atoms with Gasteiger partial charge in [-0.25, -0.2) is 0 Å². The van der Waals surface area contributed by atoms with Crippen LogP contribution >= 0.6 is 0 Å². The molecule has 0 aliphatic heterocycles. The van der Waals surface area contributed by atoms with E-state index in [1.807, 2.05) is 46.7 Å². The Morgan fingerprint density at radius 3 is 2.58 bits per heavy atom. The van der Waals surface area contributed by atoms with E-state index in [0.717, 1.165) is 40.0 Å².